The van der Waals surface area contributed by atoms with Gasteiger partial charge in [0.1, 0.15) is 5.82 Å². The molecule has 0 N–H and O–H groups in total. The summed E-state index contributed by atoms with van der Waals surface area (Å²) in [5, 5.41) is 0.353. The second-order valence-electron chi connectivity index (χ2n) is 27.0. The lowest BCUT2D eigenvalue weighted by molar-refractivity contribution is 0.517. The molecule has 0 aliphatic carbocycles. The maximum Gasteiger partial charge on any atom is 0.264 e. The Bertz CT molecular complexity index is 2760. The van der Waals surface area contributed by atoms with E-state index in [-0.39, 0.29) is 16.8 Å². The van der Waals surface area contributed by atoms with Crippen molar-refractivity contribution in [2.75, 3.05) is 4.31 Å². The van der Waals surface area contributed by atoms with Gasteiger partial charge in [-0.2, -0.15) is 0 Å². The Morgan fingerprint density at radius 3 is 1.00 bits per heavy atom. The molecule has 0 fully saturated rings. The first kappa shape index (κ1) is 95.3. The van der Waals surface area contributed by atoms with Crippen LogP contribution in [0, 0.1) is 12.7 Å². The fourth-order valence-corrected chi connectivity index (χ4v) is 18.0. The largest absolute Gasteiger partial charge is 0.264 e. The minimum atomic E-state index is -3.74. The molecule has 75 heteroatoms. The predicted octanol–water partition coefficient (Wildman–Crippen LogP) is -20.3. The van der Waals surface area contributed by atoms with Gasteiger partial charge in [-0.05, 0) is 74.1 Å². The monoisotopic (exact) mass is 1200 g/mol. The molecule has 1 atom stereocenters. The Hall–Kier alpha value is 2.11. The van der Waals surface area contributed by atoms with E-state index >= 15 is 0 Å². The Morgan fingerprint density at radius 2 is 0.707 bits per heavy atom. The highest BCUT2D eigenvalue weighted by molar-refractivity contribution is 8.39. The number of hydrogen-bond acceptors (Lipinski definition) is 2. The zero-order chi connectivity index (χ0) is 76.1. The minimum Gasteiger partial charge on any atom is -0.263 e. The Labute approximate surface area is 664 Å². The van der Waals surface area contributed by atoms with Gasteiger partial charge in [0, 0.05) is 500 Å². The van der Waals surface area contributed by atoms with Gasteiger partial charge in [0.25, 0.3) is 10.0 Å². The van der Waals surface area contributed by atoms with Crippen molar-refractivity contribution >= 4 is 516 Å². The van der Waals surface area contributed by atoms with Gasteiger partial charge in [-0.1, -0.05) is 53.6 Å². The molecular formula is C24H23B69ClFNO2S. The zero-order valence-electron chi connectivity index (χ0n) is 56.5. The van der Waals surface area contributed by atoms with E-state index < -0.39 is 221 Å². The van der Waals surface area contributed by atoms with Gasteiger partial charge in [-0.25, -0.2) is 12.8 Å². The standard InChI is InChI=1S/C24H23ClFNO2S.B69/c1-17-6-14-22(15-7-17)30(28,29)27-21(13-10-19-4-2-3-5-24(19)27)12-9-18-8-11-20(25)16-23(18)26;1-36-54(37(2)3)63(55(38(4)5)39(6)7)67(62(52(32)33)53(34)35)69(66(60(48(24)25)49(26)27)61(50(28)29)51(30)31)68(64(56(40(8)9)41(10)11)57(42(12)13)43(14)15)65(58(44(16)17)45(18)19)59(46(20)21)47(22)23/h2-8,11,14-16,21H,9-10,12-13H2,1H3;. The van der Waals surface area contributed by atoms with Crippen LogP contribution in [-0.2, 0) is 22.9 Å². The van der Waals surface area contributed by atoms with Crippen molar-refractivity contribution in [3.8, 4) is 0 Å². The predicted molar refractivity (Wildman–Crippen MR) is 516 cm³/mol. The van der Waals surface area contributed by atoms with Crippen molar-refractivity contribution in [2.24, 2.45) is 0 Å². The third-order valence-electron chi connectivity index (χ3n) is 20.1. The van der Waals surface area contributed by atoms with E-state index in [4.69, 9.17) is 282 Å². The summed E-state index contributed by atoms with van der Waals surface area (Å²) < 4.78 is 43.1. The molecule has 3 aromatic carbocycles. The van der Waals surface area contributed by atoms with Crippen LogP contribution < -0.4 is 4.31 Å². The normalized spacial score (nSPS) is 11.7. The van der Waals surface area contributed by atoms with Crippen molar-refractivity contribution in [1.29, 1.82) is 0 Å². The van der Waals surface area contributed by atoms with E-state index in [9.17, 15) is 12.8 Å². The van der Waals surface area contributed by atoms with E-state index in [1.807, 2.05) is 31.2 Å². The maximum absolute atomic E-state index is 14.3. The van der Waals surface area contributed by atoms with Crippen LogP contribution in [0.4, 0.5) is 10.1 Å². The van der Waals surface area contributed by atoms with Crippen LogP contribution in [0.3, 0.4) is 0 Å². The van der Waals surface area contributed by atoms with Crippen LogP contribution in [0.1, 0.15) is 29.5 Å². The van der Waals surface area contributed by atoms with Crippen LogP contribution in [0.5, 0.6) is 0 Å². The molecule has 4 rings (SSSR count). The molecule has 71 radical (unpaired) electrons. The van der Waals surface area contributed by atoms with E-state index in [1.165, 1.54) is 6.07 Å². The molecule has 3 nitrogen and oxygen atoms in total. The number of rotatable bonds is 38. The Kier molecular flexibility index (Phi) is 42.0. The summed E-state index contributed by atoms with van der Waals surface area (Å²) in [5.41, 5.74) is 3.28. The summed E-state index contributed by atoms with van der Waals surface area (Å²) in [7, 11) is 233. The average molecular weight is 1190 g/mol. The van der Waals surface area contributed by atoms with Crippen molar-refractivity contribution < 1.29 is 12.8 Å². The molecule has 363 valence electrons. The lowest BCUT2D eigenvalue weighted by Gasteiger charge is -2.60. The first-order chi connectivity index (χ1) is 45.8. The molecule has 0 saturated heterocycles. The lowest BCUT2D eigenvalue weighted by Crippen LogP contribution is -2.98. The van der Waals surface area contributed by atoms with Crippen LogP contribution in [0.25, 0.3) is 0 Å². The highest BCUT2D eigenvalue weighted by Crippen LogP contribution is 2.37. The summed E-state index contributed by atoms with van der Waals surface area (Å²) >= 11 is 5.86. The summed E-state index contributed by atoms with van der Waals surface area (Å²) in [6.07, 6.45) is -47.8. The average Bonchev–Trinajstić information content (AvgIpc) is 0.730. The first-order valence-corrected chi connectivity index (χ1v) is 34.5. The number of hydrogen-bond donors (Lipinski definition) is 0. The molecule has 0 saturated carbocycles. The Balaban J connectivity index is 0.000000693. The number of halogens is 2. The van der Waals surface area contributed by atoms with Gasteiger partial charge >= 0.3 is 0 Å². The highest BCUT2D eigenvalue weighted by atomic mass is 35.5. The zero-order valence-corrected chi connectivity index (χ0v) is 58.1. The number of benzene rings is 3. The van der Waals surface area contributed by atoms with E-state index in [0.717, 1.165) is 24.6 Å². The molecule has 0 aromatic heterocycles. The van der Waals surface area contributed by atoms with E-state index in [0.29, 0.717) is 35.5 Å². The number of para-hydroxylation sites is 1. The molecule has 1 aliphatic rings. The molecule has 99 heavy (non-hydrogen) atoms. The number of sulfonamides is 1. The number of anilines is 1. The molecule has 0 amide bonds. The van der Waals surface area contributed by atoms with Gasteiger partial charge < -0.3 is 0 Å². The van der Waals surface area contributed by atoms with Crippen LogP contribution in [0.2, 0.25) is 5.02 Å². The van der Waals surface area contributed by atoms with Crippen LogP contribution >= 0.6 is 11.6 Å². The smallest absolute Gasteiger partial charge is 0.263 e. The molecule has 0 spiro atoms. The van der Waals surface area contributed by atoms with Crippen molar-refractivity contribution in [2.45, 2.75) is 43.5 Å². The van der Waals surface area contributed by atoms with Crippen LogP contribution in [0.15, 0.2) is 71.6 Å². The molecular weight excluding hydrogens is 1170 g/mol. The molecule has 1 heterocycles. The second kappa shape index (κ2) is 43.6. The van der Waals surface area contributed by atoms with Gasteiger partial charge in [0.15, 0.2) is 0 Å². The quantitative estimate of drug-likeness (QED) is 0.0536. The maximum atomic E-state index is 14.3. The van der Waals surface area contributed by atoms with Gasteiger partial charge in [-0.3, -0.25) is 4.31 Å². The molecule has 3 aromatic rings. The summed E-state index contributed by atoms with van der Waals surface area (Å²) in [6, 6.07) is 18.9. The third-order valence-corrected chi connectivity index (χ3v) is 22.2. The molecule has 1 aliphatic heterocycles. The van der Waals surface area contributed by atoms with Gasteiger partial charge in [-0.15, -0.1) is 0 Å². The number of aryl methyl sites for hydroxylation is 3. The molecule has 0 bridgehead atoms. The number of fused-ring (bicyclic) bond motifs is 1. The van der Waals surface area contributed by atoms with Crippen molar-refractivity contribution in [1.82, 2.24) is 0 Å². The highest BCUT2D eigenvalue weighted by Gasteiger charge is 2.64. The number of nitrogens with zero attached hydrogens (tertiary/aromatic N) is 1. The van der Waals surface area contributed by atoms with Crippen molar-refractivity contribution in [3.63, 3.8) is 0 Å². The summed E-state index contributed by atoms with van der Waals surface area (Å²) in [6.45, 7) is 1.93. The van der Waals surface area contributed by atoms with Crippen molar-refractivity contribution in [3.05, 3.63) is 94.3 Å². The van der Waals surface area contributed by atoms with Gasteiger partial charge in [0.2, 0.25) is 0 Å². The fraction of sp³-hybridized carbons (Fsp3) is 0.250. The third kappa shape index (κ3) is 25.1. The SMILES string of the molecule is Cc1ccc(S(=O)(=O)N2c3ccccc3CCC2CCc2ccc(Cl)cc2F)cc1.[B][B]B(B([B])[B])B(B(B([B])[B])B([B])[B])B(B(B([B])[B])B([B])[B])B(B(B(B([B])[B])B([B])[B])B(B([B])[B])B([B])[B])B(B(B(B([B])[B])B([B])[B])B(B([B])[B])B([B])[B])B(B(B([B])[B])B([B])[B])B(B([B])[B])B([B])[B]. The summed E-state index contributed by atoms with van der Waals surface area (Å²) in [4.78, 5) is 0.271. The van der Waals surface area contributed by atoms with Gasteiger partial charge in [0.05, 0.1) is 10.6 Å². The molecule has 1 unspecified atom stereocenters. The Morgan fingerprint density at radius 1 is 0.414 bits per heavy atom. The van der Waals surface area contributed by atoms with E-state index in [2.05, 4.69) is 0 Å². The fourth-order valence-electron chi connectivity index (χ4n) is 16.1. The lowest BCUT2D eigenvalue weighted by atomic mass is 8.21. The summed E-state index contributed by atoms with van der Waals surface area (Å²) in [5.74, 6) is -0.355. The van der Waals surface area contributed by atoms with E-state index in [1.54, 1.807) is 40.7 Å². The topological polar surface area (TPSA) is 37.4 Å². The second-order valence-corrected chi connectivity index (χ2v) is 29.2. The minimum absolute atomic E-state index is 0.249. The first-order valence-electron chi connectivity index (χ1n) is 32.7. The van der Waals surface area contributed by atoms with Crippen LogP contribution in [-0.4, -0.2) is 503 Å².